The van der Waals surface area contributed by atoms with E-state index in [9.17, 15) is 9.18 Å². The third-order valence-electron chi connectivity index (χ3n) is 3.19. The first-order chi connectivity index (χ1) is 8.77. The summed E-state index contributed by atoms with van der Waals surface area (Å²) < 4.78 is 18.5. The van der Waals surface area contributed by atoms with Crippen molar-refractivity contribution in [3.63, 3.8) is 0 Å². The van der Waals surface area contributed by atoms with Crippen molar-refractivity contribution in [2.45, 2.75) is 26.8 Å². The van der Waals surface area contributed by atoms with E-state index >= 15 is 0 Å². The molecule has 0 aromatic heterocycles. The monoisotopic (exact) mass is 268 g/mol. The van der Waals surface area contributed by atoms with Crippen LogP contribution >= 0.6 is 0 Å². The van der Waals surface area contributed by atoms with Crippen molar-refractivity contribution in [2.24, 2.45) is 11.1 Å². The van der Waals surface area contributed by atoms with Gasteiger partial charge in [-0.25, -0.2) is 4.39 Å². The number of hydrogen-bond donors (Lipinski definition) is 2. The number of ether oxygens (including phenoxy) is 1. The molecule has 1 aromatic carbocycles. The highest BCUT2D eigenvalue weighted by atomic mass is 19.1. The van der Waals surface area contributed by atoms with Crippen LogP contribution in [0.4, 0.5) is 4.39 Å². The molecule has 0 spiro atoms. The maximum atomic E-state index is 13.6. The maximum Gasteiger partial charge on any atom is 0.224 e. The largest absolute Gasteiger partial charge is 0.494 e. The van der Waals surface area contributed by atoms with Crippen LogP contribution < -0.4 is 15.8 Å². The molecule has 1 unspecified atom stereocenters. The number of nitrogens with two attached hydrogens (primary N) is 1. The van der Waals surface area contributed by atoms with Crippen molar-refractivity contribution in [2.75, 3.05) is 13.7 Å². The van der Waals surface area contributed by atoms with Crippen molar-refractivity contribution in [3.8, 4) is 5.75 Å². The molecule has 19 heavy (non-hydrogen) atoms. The third kappa shape index (κ3) is 3.92. The van der Waals surface area contributed by atoms with Crippen LogP contribution in [0.3, 0.4) is 0 Å². The van der Waals surface area contributed by atoms with E-state index in [4.69, 9.17) is 10.5 Å². The zero-order chi connectivity index (χ0) is 14.6. The summed E-state index contributed by atoms with van der Waals surface area (Å²) in [7, 11) is 1.43. The topological polar surface area (TPSA) is 64.3 Å². The SMILES string of the molecule is COc1ccc(C(C)NCC(C)(C)C(N)=O)cc1F. The van der Waals surface area contributed by atoms with Crippen LogP contribution in [-0.4, -0.2) is 19.6 Å². The molecule has 0 saturated carbocycles. The molecule has 1 atom stereocenters. The molecule has 5 heteroatoms. The fourth-order valence-corrected chi connectivity index (χ4v) is 1.57. The van der Waals surface area contributed by atoms with E-state index < -0.39 is 11.2 Å². The van der Waals surface area contributed by atoms with E-state index in [1.165, 1.54) is 13.2 Å². The number of primary amides is 1. The molecular weight excluding hydrogens is 247 g/mol. The summed E-state index contributed by atoms with van der Waals surface area (Å²) in [5.74, 6) is -0.552. The number of hydrogen-bond acceptors (Lipinski definition) is 3. The Labute approximate surface area is 113 Å². The molecule has 1 amide bonds. The minimum atomic E-state index is -0.640. The smallest absolute Gasteiger partial charge is 0.224 e. The molecule has 3 N–H and O–H groups in total. The van der Waals surface area contributed by atoms with Gasteiger partial charge in [-0.15, -0.1) is 0 Å². The number of amides is 1. The molecular formula is C14H21FN2O2. The quantitative estimate of drug-likeness (QED) is 0.829. The highest BCUT2D eigenvalue weighted by molar-refractivity contribution is 5.80. The Kier molecular flexibility index (Phi) is 4.89. The highest BCUT2D eigenvalue weighted by Gasteiger charge is 2.25. The molecule has 0 heterocycles. The summed E-state index contributed by atoms with van der Waals surface area (Å²) in [6.45, 7) is 5.86. The Bertz CT molecular complexity index is 461. The Balaban J connectivity index is 2.71. The van der Waals surface area contributed by atoms with E-state index in [1.807, 2.05) is 6.92 Å². The van der Waals surface area contributed by atoms with E-state index in [2.05, 4.69) is 5.32 Å². The van der Waals surface area contributed by atoms with Crippen LogP contribution in [0.5, 0.6) is 5.75 Å². The highest BCUT2D eigenvalue weighted by Crippen LogP contribution is 2.22. The molecule has 4 nitrogen and oxygen atoms in total. The Morgan fingerprint density at radius 2 is 2.16 bits per heavy atom. The Morgan fingerprint density at radius 3 is 2.63 bits per heavy atom. The van der Waals surface area contributed by atoms with Crippen LogP contribution in [0.2, 0.25) is 0 Å². The Hall–Kier alpha value is -1.62. The third-order valence-corrected chi connectivity index (χ3v) is 3.19. The predicted octanol–water partition coefficient (Wildman–Crippen LogP) is 2.00. The second-order valence-electron chi connectivity index (χ2n) is 5.24. The summed E-state index contributed by atoms with van der Waals surface area (Å²) >= 11 is 0. The minimum Gasteiger partial charge on any atom is -0.494 e. The van der Waals surface area contributed by atoms with Gasteiger partial charge in [-0.2, -0.15) is 0 Å². The number of carbonyl (C=O) groups is 1. The van der Waals surface area contributed by atoms with Crippen molar-refractivity contribution in [1.82, 2.24) is 5.32 Å². The standard InChI is InChI=1S/C14H21FN2O2/c1-9(17-8-14(2,3)13(16)18)10-5-6-12(19-4)11(15)7-10/h5-7,9,17H,8H2,1-4H3,(H2,16,18). The van der Waals surface area contributed by atoms with Gasteiger partial charge in [0.15, 0.2) is 11.6 Å². The van der Waals surface area contributed by atoms with Gasteiger partial charge in [-0.3, -0.25) is 4.79 Å². The lowest BCUT2D eigenvalue weighted by molar-refractivity contribution is -0.125. The first kappa shape index (κ1) is 15.4. The van der Waals surface area contributed by atoms with Gasteiger partial charge in [0.2, 0.25) is 5.91 Å². The number of nitrogens with one attached hydrogen (secondary N) is 1. The summed E-state index contributed by atoms with van der Waals surface area (Å²) in [6.07, 6.45) is 0. The molecule has 0 aliphatic rings. The number of carbonyl (C=O) groups excluding carboxylic acids is 1. The molecule has 106 valence electrons. The number of benzene rings is 1. The van der Waals surface area contributed by atoms with Crippen LogP contribution in [0, 0.1) is 11.2 Å². The van der Waals surface area contributed by atoms with Gasteiger partial charge >= 0.3 is 0 Å². The van der Waals surface area contributed by atoms with Crippen LogP contribution in [0.15, 0.2) is 18.2 Å². The molecule has 0 fully saturated rings. The summed E-state index contributed by atoms with van der Waals surface area (Å²) in [4.78, 5) is 11.2. The van der Waals surface area contributed by atoms with E-state index in [0.29, 0.717) is 6.54 Å². The lowest BCUT2D eigenvalue weighted by atomic mass is 9.92. The second kappa shape index (κ2) is 6.02. The van der Waals surface area contributed by atoms with Crippen LogP contribution in [-0.2, 0) is 4.79 Å². The van der Waals surface area contributed by atoms with Gasteiger partial charge in [0, 0.05) is 12.6 Å². The average Bonchev–Trinajstić information content (AvgIpc) is 2.35. The molecule has 1 aromatic rings. The molecule has 0 radical (unpaired) electrons. The fraction of sp³-hybridized carbons (Fsp3) is 0.500. The number of methoxy groups -OCH3 is 1. The van der Waals surface area contributed by atoms with Gasteiger partial charge < -0.3 is 15.8 Å². The first-order valence-electron chi connectivity index (χ1n) is 6.14. The molecule has 1 rings (SSSR count). The average molecular weight is 268 g/mol. The van der Waals surface area contributed by atoms with Crippen molar-refractivity contribution < 1.29 is 13.9 Å². The van der Waals surface area contributed by atoms with Crippen molar-refractivity contribution >= 4 is 5.91 Å². The molecule has 0 aliphatic carbocycles. The number of halogens is 1. The summed E-state index contributed by atoms with van der Waals surface area (Å²) in [5.41, 5.74) is 5.45. The van der Waals surface area contributed by atoms with E-state index in [-0.39, 0.29) is 17.7 Å². The summed E-state index contributed by atoms with van der Waals surface area (Å²) in [5, 5.41) is 3.18. The summed E-state index contributed by atoms with van der Waals surface area (Å²) in [6, 6.07) is 4.71. The van der Waals surface area contributed by atoms with Crippen molar-refractivity contribution in [3.05, 3.63) is 29.6 Å². The Morgan fingerprint density at radius 1 is 1.53 bits per heavy atom. The molecule has 0 saturated heterocycles. The lowest BCUT2D eigenvalue weighted by Crippen LogP contribution is -2.41. The van der Waals surface area contributed by atoms with Gasteiger partial charge in [0.05, 0.1) is 12.5 Å². The van der Waals surface area contributed by atoms with Crippen LogP contribution in [0.25, 0.3) is 0 Å². The zero-order valence-corrected chi connectivity index (χ0v) is 11.8. The normalized spacial score (nSPS) is 13.1. The zero-order valence-electron chi connectivity index (χ0n) is 11.8. The van der Waals surface area contributed by atoms with E-state index in [1.54, 1.807) is 26.0 Å². The van der Waals surface area contributed by atoms with Crippen molar-refractivity contribution in [1.29, 1.82) is 0 Å². The predicted molar refractivity (Wildman–Crippen MR) is 72.3 cm³/mol. The molecule has 0 bridgehead atoms. The van der Waals surface area contributed by atoms with Gasteiger partial charge in [0.25, 0.3) is 0 Å². The van der Waals surface area contributed by atoms with E-state index in [0.717, 1.165) is 5.56 Å². The second-order valence-corrected chi connectivity index (χ2v) is 5.24. The van der Waals surface area contributed by atoms with Gasteiger partial charge in [0.1, 0.15) is 0 Å². The maximum absolute atomic E-state index is 13.6. The van der Waals surface area contributed by atoms with Gasteiger partial charge in [-0.1, -0.05) is 6.07 Å². The minimum absolute atomic E-state index is 0.0842. The van der Waals surface area contributed by atoms with Gasteiger partial charge in [-0.05, 0) is 38.5 Å². The number of rotatable bonds is 6. The fourth-order valence-electron chi connectivity index (χ4n) is 1.57. The van der Waals surface area contributed by atoms with Crippen LogP contribution in [0.1, 0.15) is 32.4 Å². The molecule has 0 aliphatic heterocycles. The lowest BCUT2D eigenvalue weighted by Gasteiger charge is -2.24. The first-order valence-corrected chi connectivity index (χ1v) is 6.14.